The second-order valence-electron chi connectivity index (χ2n) is 6.12. The van der Waals surface area contributed by atoms with Crippen LogP contribution in [-0.2, 0) is 10.0 Å². The number of sulfonamides is 1. The first-order valence-electron chi connectivity index (χ1n) is 8.28. The summed E-state index contributed by atoms with van der Waals surface area (Å²) in [4.78, 5) is 23.9. The van der Waals surface area contributed by atoms with E-state index in [1.807, 2.05) is 0 Å². The zero-order valence-electron chi connectivity index (χ0n) is 15.2. The maximum absolute atomic E-state index is 12.6. The van der Waals surface area contributed by atoms with Crippen LogP contribution in [0.25, 0.3) is 11.3 Å². The lowest BCUT2D eigenvalue weighted by molar-refractivity contribution is 0.102. The van der Waals surface area contributed by atoms with Gasteiger partial charge >= 0.3 is 0 Å². The lowest BCUT2D eigenvalue weighted by atomic mass is 10.1. The average molecular weight is 398 g/mol. The van der Waals surface area contributed by atoms with Gasteiger partial charge in [-0.2, -0.15) is 5.10 Å². The van der Waals surface area contributed by atoms with Crippen LogP contribution >= 0.6 is 0 Å². The van der Waals surface area contributed by atoms with Gasteiger partial charge in [0.15, 0.2) is 0 Å². The zero-order valence-corrected chi connectivity index (χ0v) is 16.0. The molecule has 9 heteroatoms. The van der Waals surface area contributed by atoms with E-state index in [4.69, 9.17) is 0 Å². The molecule has 0 unspecified atom stereocenters. The quantitative estimate of drug-likeness (QED) is 0.682. The molecule has 0 aliphatic heterocycles. The van der Waals surface area contributed by atoms with Gasteiger partial charge in [0, 0.05) is 31.3 Å². The molecular weight excluding hydrogens is 380 g/mol. The van der Waals surface area contributed by atoms with E-state index in [0.29, 0.717) is 22.5 Å². The molecule has 3 rings (SSSR count). The van der Waals surface area contributed by atoms with Gasteiger partial charge in [0.05, 0.1) is 16.3 Å². The molecule has 8 nitrogen and oxygen atoms in total. The normalized spacial score (nSPS) is 11.4. The second-order valence-corrected chi connectivity index (χ2v) is 8.27. The van der Waals surface area contributed by atoms with Crippen molar-refractivity contribution >= 4 is 21.6 Å². The third-order valence-corrected chi connectivity index (χ3v) is 5.85. The molecule has 0 aliphatic carbocycles. The Hall–Kier alpha value is -3.30. The monoisotopic (exact) mass is 398 g/mol. The molecule has 3 aromatic rings. The van der Waals surface area contributed by atoms with Gasteiger partial charge in [-0.05, 0) is 36.4 Å². The smallest absolute Gasteiger partial charge is 0.264 e. The van der Waals surface area contributed by atoms with Gasteiger partial charge in [-0.15, -0.1) is 0 Å². The lowest BCUT2D eigenvalue weighted by Crippen LogP contribution is -2.22. The number of aromatic nitrogens is 2. The molecule has 0 aliphatic rings. The summed E-state index contributed by atoms with van der Waals surface area (Å²) in [5.41, 5.74) is 1.64. The molecule has 0 saturated heterocycles. The van der Waals surface area contributed by atoms with Gasteiger partial charge in [0.2, 0.25) is 10.0 Å². The Morgan fingerprint density at radius 3 is 2.29 bits per heavy atom. The summed E-state index contributed by atoms with van der Waals surface area (Å²) in [7, 11) is -0.676. The molecular formula is C19H18N4O4S. The highest BCUT2D eigenvalue weighted by molar-refractivity contribution is 7.89. The van der Waals surface area contributed by atoms with Crippen molar-refractivity contribution in [2.75, 3.05) is 19.4 Å². The van der Waals surface area contributed by atoms with Crippen molar-refractivity contribution in [3.63, 3.8) is 0 Å². The number of benzene rings is 2. The molecule has 0 radical (unpaired) electrons. The van der Waals surface area contributed by atoms with Crippen molar-refractivity contribution in [1.82, 2.24) is 14.5 Å². The summed E-state index contributed by atoms with van der Waals surface area (Å²) >= 11 is 0. The number of para-hydroxylation sites is 1. The maximum Gasteiger partial charge on any atom is 0.264 e. The molecule has 0 bridgehead atoms. The predicted octanol–water partition coefficient (Wildman–Crippen LogP) is 1.94. The molecule has 2 N–H and O–H groups in total. The number of aromatic amines is 1. The highest BCUT2D eigenvalue weighted by atomic mass is 32.2. The Balaban J connectivity index is 1.86. The number of rotatable bonds is 5. The Morgan fingerprint density at radius 1 is 1.00 bits per heavy atom. The Kier molecular flexibility index (Phi) is 5.39. The molecule has 1 aromatic heterocycles. The van der Waals surface area contributed by atoms with E-state index in [0.717, 1.165) is 4.31 Å². The van der Waals surface area contributed by atoms with Crippen LogP contribution in [0.15, 0.2) is 70.4 Å². The lowest BCUT2D eigenvalue weighted by Gasteiger charge is -2.12. The summed E-state index contributed by atoms with van der Waals surface area (Å²) in [6.45, 7) is 0. The molecule has 1 heterocycles. The maximum atomic E-state index is 12.6. The van der Waals surface area contributed by atoms with Crippen LogP contribution in [-0.4, -0.2) is 42.9 Å². The molecule has 2 aromatic carbocycles. The number of amides is 1. The standard InChI is InChI=1S/C19H18N4O4S/c1-23(2)28(26,27)14-9-7-13(8-10-14)19(25)20-16-6-4-3-5-15(16)17-11-12-18(24)22-21-17/h3-12H,1-2H3,(H,20,25)(H,22,24). The SMILES string of the molecule is CN(C)S(=O)(=O)c1ccc(C(=O)Nc2ccccc2-c2ccc(=O)[nH]n2)cc1. The summed E-state index contributed by atoms with van der Waals surface area (Å²) < 4.78 is 25.4. The van der Waals surface area contributed by atoms with Gasteiger partial charge < -0.3 is 5.32 Å². The van der Waals surface area contributed by atoms with Crippen LogP contribution in [0.4, 0.5) is 5.69 Å². The van der Waals surface area contributed by atoms with Crippen molar-refractivity contribution in [1.29, 1.82) is 0 Å². The van der Waals surface area contributed by atoms with Crippen LogP contribution in [0.1, 0.15) is 10.4 Å². The van der Waals surface area contributed by atoms with Crippen LogP contribution in [0.5, 0.6) is 0 Å². The van der Waals surface area contributed by atoms with Crippen LogP contribution in [0.2, 0.25) is 0 Å². The highest BCUT2D eigenvalue weighted by Crippen LogP contribution is 2.26. The van der Waals surface area contributed by atoms with E-state index in [1.54, 1.807) is 30.3 Å². The number of carbonyl (C=O) groups is 1. The summed E-state index contributed by atoms with van der Waals surface area (Å²) in [5.74, 6) is -0.398. The van der Waals surface area contributed by atoms with Gasteiger partial charge in [-0.3, -0.25) is 9.59 Å². The molecule has 144 valence electrons. The summed E-state index contributed by atoms with van der Waals surface area (Å²) in [5, 5.41) is 9.14. The van der Waals surface area contributed by atoms with E-state index >= 15 is 0 Å². The summed E-state index contributed by atoms with van der Waals surface area (Å²) in [6.07, 6.45) is 0. The number of hydrogen-bond donors (Lipinski definition) is 2. The Labute approximate surface area is 161 Å². The van der Waals surface area contributed by atoms with Gasteiger partial charge in [0.1, 0.15) is 0 Å². The fourth-order valence-corrected chi connectivity index (χ4v) is 3.40. The van der Waals surface area contributed by atoms with E-state index in [1.165, 1.54) is 44.4 Å². The largest absolute Gasteiger partial charge is 0.321 e. The van der Waals surface area contributed by atoms with Crippen LogP contribution in [0, 0.1) is 0 Å². The summed E-state index contributed by atoms with van der Waals surface area (Å²) in [6, 6.07) is 15.6. The predicted molar refractivity (Wildman–Crippen MR) is 106 cm³/mol. The van der Waals surface area contributed by atoms with Gasteiger partial charge in [-0.25, -0.2) is 17.8 Å². The number of carbonyl (C=O) groups excluding carboxylic acids is 1. The number of nitrogens with zero attached hydrogens (tertiary/aromatic N) is 2. The molecule has 1 amide bonds. The average Bonchev–Trinajstić information content (AvgIpc) is 2.69. The van der Waals surface area contributed by atoms with Crippen molar-refractivity contribution in [3.05, 3.63) is 76.6 Å². The fourth-order valence-electron chi connectivity index (χ4n) is 2.49. The molecule has 28 heavy (non-hydrogen) atoms. The molecule has 0 saturated carbocycles. The van der Waals surface area contributed by atoms with Gasteiger partial charge in [-0.1, -0.05) is 18.2 Å². The number of hydrogen-bond acceptors (Lipinski definition) is 5. The Bertz CT molecular complexity index is 1150. The topological polar surface area (TPSA) is 112 Å². The first kappa shape index (κ1) is 19.5. The third-order valence-electron chi connectivity index (χ3n) is 4.03. The molecule has 0 spiro atoms. The minimum atomic E-state index is -3.56. The number of H-pyrrole nitrogens is 1. The minimum Gasteiger partial charge on any atom is -0.321 e. The van der Waals surface area contributed by atoms with Crippen LogP contribution < -0.4 is 10.9 Å². The Morgan fingerprint density at radius 2 is 1.68 bits per heavy atom. The van der Waals surface area contributed by atoms with Gasteiger partial charge in [0.25, 0.3) is 11.5 Å². The first-order valence-corrected chi connectivity index (χ1v) is 9.72. The number of nitrogens with one attached hydrogen (secondary N) is 2. The zero-order chi connectivity index (χ0) is 20.3. The van der Waals surface area contributed by atoms with Crippen molar-refractivity contribution in [3.8, 4) is 11.3 Å². The first-order chi connectivity index (χ1) is 13.3. The molecule has 0 fully saturated rings. The highest BCUT2D eigenvalue weighted by Gasteiger charge is 2.18. The van der Waals surface area contributed by atoms with E-state index in [2.05, 4.69) is 15.5 Å². The second kappa shape index (κ2) is 7.75. The van der Waals surface area contributed by atoms with Crippen LogP contribution in [0.3, 0.4) is 0 Å². The van der Waals surface area contributed by atoms with Crippen molar-refractivity contribution in [2.45, 2.75) is 4.90 Å². The third kappa shape index (κ3) is 4.00. The van der Waals surface area contributed by atoms with E-state index in [-0.39, 0.29) is 10.5 Å². The van der Waals surface area contributed by atoms with Crippen molar-refractivity contribution < 1.29 is 13.2 Å². The minimum absolute atomic E-state index is 0.104. The fraction of sp³-hybridized carbons (Fsp3) is 0.105. The van der Waals surface area contributed by atoms with E-state index in [9.17, 15) is 18.0 Å². The molecule has 0 atom stereocenters. The van der Waals surface area contributed by atoms with E-state index < -0.39 is 15.9 Å². The number of anilines is 1. The van der Waals surface area contributed by atoms with Crippen molar-refractivity contribution in [2.24, 2.45) is 0 Å².